The third-order valence-corrected chi connectivity index (χ3v) is 5.35. The van der Waals surface area contributed by atoms with Crippen molar-refractivity contribution in [2.75, 3.05) is 6.54 Å². The molecule has 152 valence electrons. The fraction of sp³-hybridized carbons (Fsp3) is 0.550. The summed E-state index contributed by atoms with van der Waals surface area (Å²) < 4.78 is 42.5. The second-order valence-electron chi connectivity index (χ2n) is 7.37. The maximum atomic E-state index is 14.2. The molecular weight excluding hydrogens is 371 g/mol. The van der Waals surface area contributed by atoms with E-state index < -0.39 is 29.6 Å². The van der Waals surface area contributed by atoms with E-state index in [0.29, 0.717) is 24.8 Å². The van der Waals surface area contributed by atoms with Gasteiger partial charge in [0.15, 0.2) is 0 Å². The number of nitrogens with zero attached hydrogens (tertiary/aromatic N) is 1. The Bertz CT molecular complexity index is 758. The third kappa shape index (κ3) is 3.64. The van der Waals surface area contributed by atoms with Crippen molar-refractivity contribution in [1.29, 1.82) is 0 Å². The number of amides is 2. The molecule has 1 atom stereocenters. The number of carbonyl (C=O) groups excluding carboxylic acids is 2. The predicted molar refractivity (Wildman–Crippen MR) is 97.0 cm³/mol. The zero-order valence-corrected chi connectivity index (χ0v) is 15.8. The average molecular weight is 396 g/mol. The van der Waals surface area contributed by atoms with Crippen LogP contribution in [0.3, 0.4) is 0 Å². The van der Waals surface area contributed by atoms with Gasteiger partial charge in [-0.3, -0.25) is 10.1 Å². The lowest BCUT2D eigenvalue weighted by molar-refractivity contribution is -0.581. The molecule has 1 fully saturated rings. The first kappa shape index (κ1) is 20.4. The van der Waals surface area contributed by atoms with E-state index in [0.717, 1.165) is 24.2 Å². The molecule has 5 nitrogen and oxygen atoms in total. The number of carbonyl (C=O) groups is 2. The summed E-state index contributed by atoms with van der Waals surface area (Å²) in [4.78, 5) is 29.0. The first-order valence-electron chi connectivity index (χ1n) is 9.71. The fourth-order valence-corrected chi connectivity index (χ4v) is 3.86. The largest absolute Gasteiger partial charge is 0.465 e. The quantitative estimate of drug-likeness (QED) is 0.796. The number of hydrogen-bond donors (Lipinski definition) is 2. The lowest BCUT2D eigenvalue weighted by Gasteiger charge is -2.28. The van der Waals surface area contributed by atoms with Crippen LogP contribution in [0.5, 0.6) is 0 Å². The molecule has 28 heavy (non-hydrogen) atoms. The van der Waals surface area contributed by atoms with Crippen molar-refractivity contribution in [2.45, 2.75) is 57.3 Å². The molecule has 1 heterocycles. The van der Waals surface area contributed by atoms with Crippen LogP contribution in [0.25, 0.3) is 0 Å². The molecule has 0 bridgehead atoms. The Morgan fingerprint density at radius 2 is 1.86 bits per heavy atom. The first-order chi connectivity index (χ1) is 13.3. The van der Waals surface area contributed by atoms with E-state index in [2.05, 4.69) is 10.3 Å². The maximum absolute atomic E-state index is 14.2. The van der Waals surface area contributed by atoms with Gasteiger partial charge in [-0.2, -0.15) is 18.1 Å². The van der Waals surface area contributed by atoms with Gasteiger partial charge >= 0.3 is 17.7 Å². The minimum Gasteiger partial charge on any atom is -0.297 e. The first-order valence-corrected chi connectivity index (χ1v) is 9.71. The lowest BCUT2D eigenvalue weighted by atomic mass is 9.88. The lowest BCUT2D eigenvalue weighted by Crippen LogP contribution is -2.96. The molecule has 1 aliphatic carbocycles. The van der Waals surface area contributed by atoms with E-state index >= 15 is 0 Å². The minimum atomic E-state index is -4.99. The molecule has 0 aromatic heterocycles. The summed E-state index contributed by atoms with van der Waals surface area (Å²) >= 11 is 0. The Balaban J connectivity index is 2.02. The summed E-state index contributed by atoms with van der Waals surface area (Å²) in [5.41, 5.74) is -2.68. The van der Waals surface area contributed by atoms with Gasteiger partial charge in [0.1, 0.15) is 0 Å². The zero-order valence-electron chi connectivity index (χ0n) is 15.8. The predicted octanol–water partition coefficient (Wildman–Crippen LogP) is 1.72. The highest BCUT2D eigenvalue weighted by Crippen LogP contribution is 2.31. The minimum absolute atomic E-state index is 0.0636. The molecule has 3 rings (SSSR count). The molecule has 1 aliphatic heterocycles. The topological polar surface area (TPSA) is 63.4 Å². The van der Waals surface area contributed by atoms with Gasteiger partial charge in [-0.05, 0) is 31.4 Å². The van der Waals surface area contributed by atoms with Crippen molar-refractivity contribution in [3.05, 3.63) is 35.9 Å². The van der Waals surface area contributed by atoms with Gasteiger partial charge in [0, 0.05) is 5.92 Å². The van der Waals surface area contributed by atoms with Crippen molar-refractivity contribution < 1.29 is 27.8 Å². The van der Waals surface area contributed by atoms with Crippen molar-refractivity contribution >= 4 is 17.6 Å². The van der Waals surface area contributed by atoms with E-state index in [1.807, 2.05) is 0 Å². The molecule has 1 saturated carbocycles. The SMILES string of the molecule is CCCN1C(=O)[C@](NC(=O)C2CCCCC2)(C(F)(F)F)[NH+]=C1c1ccccc1. The summed E-state index contributed by atoms with van der Waals surface area (Å²) in [6.45, 7) is 1.90. The summed E-state index contributed by atoms with van der Waals surface area (Å²) in [6, 6.07) is 8.38. The summed E-state index contributed by atoms with van der Waals surface area (Å²) in [6.07, 6.45) is -0.833. The molecule has 0 spiro atoms. The smallest absolute Gasteiger partial charge is 0.297 e. The van der Waals surface area contributed by atoms with Crippen LogP contribution in [0, 0.1) is 5.92 Å². The Kier molecular flexibility index (Phi) is 5.76. The van der Waals surface area contributed by atoms with E-state index in [1.165, 1.54) is 0 Å². The number of nitrogens with one attached hydrogen (secondary N) is 2. The molecule has 0 unspecified atom stereocenters. The van der Waals surface area contributed by atoms with Crippen LogP contribution in [-0.4, -0.2) is 40.9 Å². The standard InChI is InChI=1S/C20H24F3N3O2/c1-2-13-26-16(14-9-5-3-6-10-14)24-19(18(26)28,20(21,22)23)25-17(27)15-11-7-4-8-12-15/h3,5-6,9-10,15H,2,4,7-8,11-13H2,1H3,(H,25,27)/p+1/t19-/m0/s1. The van der Waals surface area contributed by atoms with Crippen molar-refractivity contribution in [1.82, 2.24) is 10.2 Å². The van der Waals surface area contributed by atoms with Crippen molar-refractivity contribution in [2.24, 2.45) is 5.92 Å². The number of rotatable bonds is 5. The van der Waals surface area contributed by atoms with Gasteiger partial charge in [0.2, 0.25) is 5.91 Å². The second kappa shape index (κ2) is 7.93. The van der Waals surface area contributed by atoms with E-state index in [4.69, 9.17) is 0 Å². The van der Waals surface area contributed by atoms with Crippen LogP contribution < -0.4 is 10.3 Å². The van der Waals surface area contributed by atoms with Gasteiger partial charge in [-0.25, -0.2) is 9.79 Å². The van der Waals surface area contributed by atoms with Crippen LogP contribution in [0.15, 0.2) is 30.3 Å². The highest BCUT2D eigenvalue weighted by atomic mass is 19.4. The molecule has 2 N–H and O–H groups in total. The highest BCUT2D eigenvalue weighted by Gasteiger charge is 2.72. The van der Waals surface area contributed by atoms with Gasteiger partial charge in [0.05, 0.1) is 12.1 Å². The van der Waals surface area contributed by atoms with E-state index in [-0.39, 0.29) is 12.4 Å². The fourth-order valence-electron chi connectivity index (χ4n) is 3.86. The molecule has 2 amide bonds. The summed E-state index contributed by atoms with van der Waals surface area (Å²) in [5.74, 6) is -2.34. The van der Waals surface area contributed by atoms with E-state index in [1.54, 1.807) is 37.3 Å². The summed E-state index contributed by atoms with van der Waals surface area (Å²) in [5, 5.41) is 2.05. The highest BCUT2D eigenvalue weighted by molar-refractivity contribution is 6.11. The van der Waals surface area contributed by atoms with Crippen LogP contribution >= 0.6 is 0 Å². The van der Waals surface area contributed by atoms with Gasteiger partial charge in [-0.15, -0.1) is 0 Å². The summed E-state index contributed by atoms with van der Waals surface area (Å²) in [7, 11) is 0. The van der Waals surface area contributed by atoms with Crippen molar-refractivity contribution in [3.8, 4) is 0 Å². The number of benzene rings is 1. The monoisotopic (exact) mass is 396 g/mol. The molecule has 2 aliphatic rings. The molecule has 1 aromatic carbocycles. The zero-order chi connectivity index (χ0) is 20.4. The molecule has 1 aromatic rings. The molecule has 0 radical (unpaired) electrons. The van der Waals surface area contributed by atoms with Crippen LogP contribution in [0.1, 0.15) is 51.0 Å². The number of amidine groups is 1. The molecule has 8 heteroatoms. The van der Waals surface area contributed by atoms with Crippen LogP contribution in [-0.2, 0) is 9.59 Å². The van der Waals surface area contributed by atoms with Gasteiger partial charge < -0.3 is 0 Å². The Morgan fingerprint density at radius 3 is 2.43 bits per heavy atom. The van der Waals surface area contributed by atoms with Crippen LogP contribution in [0.2, 0.25) is 0 Å². The number of hydrogen-bond acceptors (Lipinski definition) is 2. The molecular formula is C20H25F3N3O2+. The van der Waals surface area contributed by atoms with Crippen molar-refractivity contribution in [3.63, 3.8) is 0 Å². The Labute approximate surface area is 162 Å². The Morgan fingerprint density at radius 1 is 1.21 bits per heavy atom. The maximum Gasteiger partial charge on any atom is 0.465 e. The van der Waals surface area contributed by atoms with Gasteiger partial charge in [0.25, 0.3) is 5.84 Å². The van der Waals surface area contributed by atoms with E-state index in [9.17, 15) is 22.8 Å². The Hall–Kier alpha value is -2.38. The normalized spacial score (nSPS) is 23.6. The number of halogens is 3. The molecule has 0 saturated heterocycles. The third-order valence-electron chi connectivity index (χ3n) is 5.35. The second-order valence-corrected chi connectivity index (χ2v) is 7.37. The van der Waals surface area contributed by atoms with Crippen LogP contribution in [0.4, 0.5) is 13.2 Å². The average Bonchev–Trinajstić information content (AvgIpc) is 2.97. The number of alkyl halides is 3. The van der Waals surface area contributed by atoms with Gasteiger partial charge in [-0.1, -0.05) is 44.4 Å².